The summed E-state index contributed by atoms with van der Waals surface area (Å²) in [5.74, 6) is -0.0733. The number of hydrogen-bond donors (Lipinski definition) is 1. The number of hydrogen-bond acceptors (Lipinski definition) is 3. The first-order valence-corrected chi connectivity index (χ1v) is 3.19. The lowest BCUT2D eigenvalue weighted by Gasteiger charge is -2.26. The molecule has 0 saturated carbocycles. The molecule has 0 aromatic rings. The van der Waals surface area contributed by atoms with E-state index in [4.69, 9.17) is 4.74 Å². The second-order valence-corrected chi connectivity index (χ2v) is 2.23. The zero-order valence-electron chi connectivity index (χ0n) is 5.92. The first-order chi connectivity index (χ1) is 4.83. The number of ether oxygens (including phenoxy) is 2. The van der Waals surface area contributed by atoms with Gasteiger partial charge in [0.2, 0.25) is 5.91 Å². The van der Waals surface area contributed by atoms with E-state index in [-0.39, 0.29) is 18.6 Å². The fourth-order valence-electron chi connectivity index (χ4n) is 0.719. The second-order valence-electron chi connectivity index (χ2n) is 2.23. The maximum Gasteiger partial charge on any atom is 0.246 e. The zero-order valence-corrected chi connectivity index (χ0v) is 5.92. The van der Waals surface area contributed by atoms with E-state index < -0.39 is 0 Å². The Bertz CT molecular complexity index is 122. The average molecular weight is 145 g/mol. The van der Waals surface area contributed by atoms with Crippen molar-refractivity contribution in [3.05, 3.63) is 0 Å². The van der Waals surface area contributed by atoms with Crippen LogP contribution in [0.1, 0.15) is 0 Å². The Morgan fingerprint density at radius 2 is 2.50 bits per heavy atom. The van der Waals surface area contributed by atoms with Crippen molar-refractivity contribution in [3.8, 4) is 0 Å². The summed E-state index contributed by atoms with van der Waals surface area (Å²) in [6.07, 6.45) is 0. The predicted molar refractivity (Wildman–Crippen MR) is 34.6 cm³/mol. The molecule has 10 heavy (non-hydrogen) atoms. The highest BCUT2D eigenvalue weighted by Gasteiger charge is 2.19. The molecule has 4 heteroatoms. The van der Waals surface area contributed by atoms with Crippen molar-refractivity contribution >= 4 is 5.91 Å². The molecule has 0 aromatic carbocycles. The highest BCUT2D eigenvalue weighted by Crippen LogP contribution is 1.98. The van der Waals surface area contributed by atoms with E-state index in [1.807, 2.05) is 0 Å². The summed E-state index contributed by atoms with van der Waals surface area (Å²) in [6, 6.07) is 0.211. The first-order valence-electron chi connectivity index (χ1n) is 3.19. The molecule has 0 atom stereocenters. The van der Waals surface area contributed by atoms with Gasteiger partial charge >= 0.3 is 0 Å². The number of methoxy groups -OCH3 is 1. The van der Waals surface area contributed by atoms with E-state index in [1.54, 1.807) is 0 Å². The van der Waals surface area contributed by atoms with Gasteiger partial charge in [-0.25, -0.2) is 0 Å². The fraction of sp³-hybridized carbons (Fsp3) is 0.833. The van der Waals surface area contributed by atoms with Crippen LogP contribution in [-0.2, 0) is 14.3 Å². The molecule has 1 rings (SSSR count). The van der Waals surface area contributed by atoms with Crippen LogP contribution >= 0.6 is 0 Å². The Kier molecular flexibility index (Phi) is 2.65. The molecule has 0 aromatic heterocycles. The summed E-state index contributed by atoms with van der Waals surface area (Å²) in [5, 5.41) is 2.73. The van der Waals surface area contributed by atoms with Crippen LogP contribution in [-0.4, -0.2) is 38.9 Å². The minimum Gasteiger partial charge on any atom is -0.377 e. The fourth-order valence-corrected chi connectivity index (χ4v) is 0.719. The largest absolute Gasteiger partial charge is 0.377 e. The quantitative estimate of drug-likeness (QED) is 0.562. The molecule has 0 aliphatic carbocycles. The first kappa shape index (κ1) is 7.50. The third kappa shape index (κ3) is 1.97. The maximum atomic E-state index is 10.8. The van der Waals surface area contributed by atoms with Crippen LogP contribution in [0.5, 0.6) is 0 Å². The van der Waals surface area contributed by atoms with Crippen LogP contribution in [0.4, 0.5) is 0 Å². The van der Waals surface area contributed by atoms with Crippen LogP contribution < -0.4 is 5.32 Å². The van der Waals surface area contributed by atoms with Gasteiger partial charge in [-0.3, -0.25) is 4.79 Å². The minimum atomic E-state index is -0.0733. The van der Waals surface area contributed by atoms with Crippen molar-refractivity contribution in [1.29, 1.82) is 0 Å². The lowest BCUT2D eigenvalue weighted by molar-refractivity contribution is -0.128. The van der Waals surface area contributed by atoms with E-state index in [0.29, 0.717) is 13.2 Å². The normalized spacial score (nSPS) is 18.1. The predicted octanol–water partition coefficient (Wildman–Crippen LogP) is -0.852. The second kappa shape index (κ2) is 3.53. The number of carbonyl (C=O) groups is 1. The van der Waals surface area contributed by atoms with E-state index in [2.05, 4.69) is 10.1 Å². The molecule has 1 aliphatic rings. The molecule has 0 spiro atoms. The van der Waals surface area contributed by atoms with Crippen LogP contribution in [0.15, 0.2) is 0 Å². The van der Waals surface area contributed by atoms with Crippen molar-refractivity contribution in [1.82, 2.24) is 5.32 Å². The van der Waals surface area contributed by atoms with Gasteiger partial charge in [-0.2, -0.15) is 0 Å². The van der Waals surface area contributed by atoms with Gasteiger partial charge in [0.1, 0.15) is 6.61 Å². The van der Waals surface area contributed by atoms with E-state index in [9.17, 15) is 4.79 Å². The van der Waals surface area contributed by atoms with Gasteiger partial charge in [0.05, 0.1) is 19.3 Å². The van der Waals surface area contributed by atoms with Gasteiger partial charge in [-0.1, -0.05) is 0 Å². The summed E-state index contributed by atoms with van der Waals surface area (Å²) < 4.78 is 9.48. The smallest absolute Gasteiger partial charge is 0.246 e. The van der Waals surface area contributed by atoms with Crippen molar-refractivity contribution in [2.45, 2.75) is 6.04 Å². The highest BCUT2D eigenvalue weighted by molar-refractivity contribution is 5.77. The summed E-state index contributed by atoms with van der Waals surface area (Å²) >= 11 is 0. The monoisotopic (exact) mass is 145 g/mol. The Balaban J connectivity index is 2.05. The van der Waals surface area contributed by atoms with E-state index in [1.165, 1.54) is 7.11 Å². The van der Waals surface area contributed by atoms with Gasteiger partial charge in [0, 0.05) is 7.11 Å². The molecule has 0 radical (unpaired) electrons. The van der Waals surface area contributed by atoms with E-state index >= 15 is 0 Å². The number of rotatable bonds is 3. The SMILES string of the molecule is COCC(=O)NC1COC1. The van der Waals surface area contributed by atoms with Crippen LogP contribution in [0, 0.1) is 0 Å². The van der Waals surface area contributed by atoms with Gasteiger partial charge in [-0.15, -0.1) is 0 Å². The molecule has 4 nitrogen and oxygen atoms in total. The average Bonchev–Trinajstić information content (AvgIpc) is 1.80. The van der Waals surface area contributed by atoms with Gasteiger partial charge in [0.25, 0.3) is 0 Å². The topological polar surface area (TPSA) is 47.6 Å². The van der Waals surface area contributed by atoms with Crippen molar-refractivity contribution < 1.29 is 14.3 Å². The Hall–Kier alpha value is -0.610. The molecule has 1 saturated heterocycles. The highest BCUT2D eigenvalue weighted by atomic mass is 16.5. The lowest BCUT2D eigenvalue weighted by Crippen LogP contribution is -2.49. The van der Waals surface area contributed by atoms with Crippen molar-refractivity contribution in [2.24, 2.45) is 0 Å². The molecule has 1 heterocycles. The Morgan fingerprint density at radius 3 is 2.90 bits per heavy atom. The van der Waals surface area contributed by atoms with Gasteiger partial charge in [-0.05, 0) is 0 Å². The summed E-state index contributed by atoms with van der Waals surface area (Å²) in [7, 11) is 1.50. The summed E-state index contributed by atoms with van der Waals surface area (Å²) in [5.41, 5.74) is 0. The molecule has 0 unspecified atom stereocenters. The van der Waals surface area contributed by atoms with Crippen molar-refractivity contribution in [3.63, 3.8) is 0 Å². The van der Waals surface area contributed by atoms with Crippen LogP contribution in [0.25, 0.3) is 0 Å². The lowest BCUT2D eigenvalue weighted by atomic mass is 10.2. The number of amides is 1. The van der Waals surface area contributed by atoms with E-state index in [0.717, 1.165) is 0 Å². The molecule has 1 N–H and O–H groups in total. The zero-order chi connectivity index (χ0) is 7.40. The summed E-state index contributed by atoms with van der Waals surface area (Å²) in [4.78, 5) is 10.8. The minimum absolute atomic E-state index is 0.0733. The molecular formula is C6H11NO3. The third-order valence-electron chi connectivity index (χ3n) is 1.28. The van der Waals surface area contributed by atoms with Gasteiger partial charge in [0.15, 0.2) is 0 Å². The van der Waals surface area contributed by atoms with Gasteiger partial charge < -0.3 is 14.8 Å². The Labute approximate surface area is 59.5 Å². The standard InChI is InChI=1S/C6H11NO3/c1-9-4-6(8)7-5-2-10-3-5/h5H,2-4H2,1H3,(H,7,8). The molecule has 1 aliphatic heterocycles. The van der Waals surface area contributed by atoms with Crippen LogP contribution in [0.3, 0.4) is 0 Å². The molecule has 1 amide bonds. The number of carbonyl (C=O) groups excluding carboxylic acids is 1. The Morgan fingerprint density at radius 1 is 1.80 bits per heavy atom. The van der Waals surface area contributed by atoms with Crippen LogP contribution in [0.2, 0.25) is 0 Å². The molecule has 0 bridgehead atoms. The molecular weight excluding hydrogens is 134 g/mol. The van der Waals surface area contributed by atoms with Crippen molar-refractivity contribution in [2.75, 3.05) is 26.9 Å². The number of nitrogens with one attached hydrogen (secondary N) is 1. The summed E-state index contributed by atoms with van der Waals surface area (Å²) in [6.45, 7) is 1.40. The maximum absolute atomic E-state index is 10.8. The third-order valence-corrected chi connectivity index (χ3v) is 1.28. The molecule has 58 valence electrons. The molecule has 1 fully saturated rings.